The first-order chi connectivity index (χ1) is 9.47. The third-order valence-electron chi connectivity index (χ3n) is 2.99. The molecule has 0 amide bonds. The number of hydrogen-bond donors (Lipinski definition) is 1. The van der Waals surface area contributed by atoms with Gasteiger partial charge in [0.2, 0.25) is 0 Å². The van der Waals surface area contributed by atoms with E-state index in [1.165, 1.54) is 11.6 Å². The molecule has 0 unspecified atom stereocenters. The minimum Gasteiger partial charge on any atom is -0.355 e. The Labute approximate surface area is 131 Å². The van der Waals surface area contributed by atoms with Crippen LogP contribution in [0.1, 0.15) is 25.3 Å². The van der Waals surface area contributed by atoms with Gasteiger partial charge in [0.15, 0.2) is 0 Å². The fraction of sp³-hybridized carbons (Fsp3) is 0.200. The molecular formula is C15H15IN2O2. The van der Waals surface area contributed by atoms with Crippen molar-refractivity contribution in [2.24, 2.45) is 0 Å². The zero-order valence-corrected chi connectivity index (χ0v) is 13.4. The van der Waals surface area contributed by atoms with Crippen LogP contribution >= 0.6 is 22.6 Å². The van der Waals surface area contributed by atoms with Crippen molar-refractivity contribution in [3.05, 3.63) is 61.7 Å². The number of hydrogen-bond acceptors (Lipinski definition) is 3. The molecule has 0 saturated carbocycles. The maximum atomic E-state index is 10.8. The van der Waals surface area contributed by atoms with Gasteiger partial charge < -0.3 is 5.32 Å². The van der Waals surface area contributed by atoms with E-state index < -0.39 is 0 Å². The second-order valence-electron chi connectivity index (χ2n) is 4.83. The second-order valence-corrected chi connectivity index (χ2v) is 5.99. The van der Waals surface area contributed by atoms with E-state index in [9.17, 15) is 10.1 Å². The van der Waals surface area contributed by atoms with Crippen molar-refractivity contribution >= 4 is 39.7 Å². The number of nitrogens with zero attached hydrogens (tertiary/aromatic N) is 1. The van der Waals surface area contributed by atoms with Gasteiger partial charge in [-0.2, -0.15) is 0 Å². The maximum absolute atomic E-state index is 10.8. The normalized spacial score (nSPS) is 10.6. The lowest BCUT2D eigenvalue weighted by molar-refractivity contribution is -0.385. The fourth-order valence-electron chi connectivity index (χ4n) is 1.87. The molecule has 1 N–H and O–H groups in total. The number of rotatable bonds is 4. The van der Waals surface area contributed by atoms with Crippen molar-refractivity contribution in [3.8, 4) is 0 Å². The molecule has 2 aromatic carbocycles. The van der Waals surface area contributed by atoms with Crippen LogP contribution in [0.3, 0.4) is 0 Å². The third-order valence-corrected chi connectivity index (χ3v) is 3.85. The zero-order chi connectivity index (χ0) is 14.7. The molecule has 0 aromatic heterocycles. The Morgan fingerprint density at radius 1 is 1.15 bits per heavy atom. The van der Waals surface area contributed by atoms with Crippen LogP contribution in [0.15, 0.2) is 42.5 Å². The Balaban J connectivity index is 2.24. The molecule has 0 heterocycles. The Bertz CT molecular complexity index is 642. The fourth-order valence-corrected chi connectivity index (χ4v) is 2.59. The lowest BCUT2D eigenvalue weighted by Gasteiger charge is -2.10. The number of nitrogens with one attached hydrogen (secondary N) is 1. The van der Waals surface area contributed by atoms with E-state index in [0.717, 1.165) is 11.4 Å². The van der Waals surface area contributed by atoms with E-state index >= 15 is 0 Å². The highest BCUT2D eigenvalue weighted by Crippen LogP contribution is 2.27. The summed E-state index contributed by atoms with van der Waals surface area (Å²) in [5, 5.41) is 14.1. The van der Waals surface area contributed by atoms with Gasteiger partial charge in [-0.15, -0.1) is 0 Å². The summed E-state index contributed by atoms with van der Waals surface area (Å²) in [7, 11) is 0. The molecule has 0 aliphatic rings. The Morgan fingerprint density at radius 2 is 1.85 bits per heavy atom. The molecule has 0 atom stereocenters. The molecule has 0 fully saturated rings. The van der Waals surface area contributed by atoms with Crippen LogP contribution in [0, 0.1) is 13.7 Å². The average Bonchev–Trinajstić information content (AvgIpc) is 2.38. The van der Waals surface area contributed by atoms with Gasteiger partial charge in [0.1, 0.15) is 0 Å². The molecule has 0 radical (unpaired) electrons. The molecule has 5 heteroatoms. The molecule has 0 aliphatic carbocycles. The molecular weight excluding hydrogens is 367 g/mol. The molecule has 0 aliphatic heterocycles. The van der Waals surface area contributed by atoms with Crippen molar-refractivity contribution in [2.75, 3.05) is 5.32 Å². The van der Waals surface area contributed by atoms with E-state index in [4.69, 9.17) is 0 Å². The minimum absolute atomic E-state index is 0.132. The van der Waals surface area contributed by atoms with Gasteiger partial charge in [-0.25, -0.2) is 0 Å². The van der Waals surface area contributed by atoms with Gasteiger partial charge >= 0.3 is 0 Å². The standard InChI is InChI=1S/C15H15IN2O2/c1-10(2)11-4-3-5-12(8-11)17-13-6-7-15(18(19)20)14(16)9-13/h3-10,17H,1-2H3. The predicted octanol–water partition coefficient (Wildman–Crippen LogP) is 5.07. The number of anilines is 2. The molecule has 20 heavy (non-hydrogen) atoms. The molecule has 2 rings (SSSR count). The van der Waals surface area contributed by atoms with Gasteiger partial charge in [0, 0.05) is 17.4 Å². The van der Waals surface area contributed by atoms with Crippen molar-refractivity contribution < 1.29 is 4.92 Å². The van der Waals surface area contributed by atoms with Crippen molar-refractivity contribution in [2.45, 2.75) is 19.8 Å². The van der Waals surface area contributed by atoms with Gasteiger partial charge in [-0.05, 0) is 58.3 Å². The second kappa shape index (κ2) is 6.21. The number of benzene rings is 2. The van der Waals surface area contributed by atoms with Gasteiger partial charge in [0.25, 0.3) is 5.69 Å². The van der Waals surface area contributed by atoms with Crippen LogP contribution in [0.4, 0.5) is 17.1 Å². The van der Waals surface area contributed by atoms with E-state index in [-0.39, 0.29) is 10.6 Å². The Kier molecular flexibility index (Phi) is 4.59. The number of halogens is 1. The SMILES string of the molecule is CC(C)c1cccc(Nc2ccc([N+](=O)[O-])c(I)c2)c1. The summed E-state index contributed by atoms with van der Waals surface area (Å²) in [6.45, 7) is 4.29. The van der Waals surface area contributed by atoms with Gasteiger partial charge in [-0.3, -0.25) is 10.1 Å². The lowest BCUT2D eigenvalue weighted by Crippen LogP contribution is -1.96. The monoisotopic (exact) mass is 382 g/mol. The molecule has 4 nitrogen and oxygen atoms in total. The first-order valence-electron chi connectivity index (χ1n) is 6.28. The van der Waals surface area contributed by atoms with Crippen LogP contribution in [0.25, 0.3) is 0 Å². The highest BCUT2D eigenvalue weighted by atomic mass is 127. The van der Waals surface area contributed by atoms with E-state index in [1.54, 1.807) is 12.1 Å². The van der Waals surface area contributed by atoms with Crippen LogP contribution in [-0.4, -0.2) is 4.92 Å². The quantitative estimate of drug-likeness (QED) is 0.457. The summed E-state index contributed by atoms with van der Waals surface area (Å²) >= 11 is 1.98. The van der Waals surface area contributed by atoms with Crippen LogP contribution < -0.4 is 5.32 Å². The highest BCUT2D eigenvalue weighted by molar-refractivity contribution is 14.1. The van der Waals surface area contributed by atoms with Crippen molar-refractivity contribution in [3.63, 3.8) is 0 Å². The van der Waals surface area contributed by atoms with Crippen molar-refractivity contribution in [1.29, 1.82) is 0 Å². The van der Waals surface area contributed by atoms with Gasteiger partial charge in [-0.1, -0.05) is 26.0 Å². The Hall–Kier alpha value is -1.63. The first kappa shape index (κ1) is 14.8. The average molecular weight is 382 g/mol. The molecule has 0 saturated heterocycles. The minimum atomic E-state index is -0.370. The van der Waals surface area contributed by atoms with Crippen LogP contribution in [0.2, 0.25) is 0 Å². The van der Waals surface area contributed by atoms with Gasteiger partial charge in [0.05, 0.1) is 8.49 Å². The summed E-state index contributed by atoms with van der Waals surface area (Å²) in [5.74, 6) is 0.466. The maximum Gasteiger partial charge on any atom is 0.282 e. The molecule has 0 bridgehead atoms. The molecule has 0 spiro atoms. The topological polar surface area (TPSA) is 55.2 Å². The highest BCUT2D eigenvalue weighted by Gasteiger charge is 2.11. The summed E-state index contributed by atoms with van der Waals surface area (Å²) < 4.78 is 0.623. The van der Waals surface area contributed by atoms with E-state index in [2.05, 4.69) is 31.3 Å². The zero-order valence-electron chi connectivity index (χ0n) is 11.3. The third kappa shape index (κ3) is 3.47. The number of nitro groups is 1. The number of nitro benzene ring substituents is 1. The summed E-state index contributed by atoms with van der Waals surface area (Å²) in [4.78, 5) is 10.4. The predicted molar refractivity (Wildman–Crippen MR) is 89.6 cm³/mol. The summed E-state index contributed by atoms with van der Waals surface area (Å²) in [6.07, 6.45) is 0. The Morgan fingerprint density at radius 3 is 2.45 bits per heavy atom. The largest absolute Gasteiger partial charge is 0.355 e. The van der Waals surface area contributed by atoms with Crippen LogP contribution in [-0.2, 0) is 0 Å². The summed E-state index contributed by atoms with van der Waals surface area (Å²) in [5.41, 5.74) is 3.22. The molecule has 2 aromatic rings. The van der Waals surface area contributed by atoms with E-state index in [1.807, 2.05) is 34.7 Å². The van der Waals surface area contributed by atoms with E-state index in [0.29, 0.717) is 9.49 Å². The van der Waals surface area contributed by atoms with Crippen molar-refractivity contribution in [1.82, 2.24) is 0 Å². The molecule has 104 valence electrons. The lowest BCUT2D eigenvalue weighted by atomic mass is 10.0. The smallest absolute Gasteiger partial charge is 0.282 e. The first-order valence-corrected chi connectivity index (χ1v) is 7.36. The van der Waals surface area contributed by atoms with Crippen LogP contribution in [0.5, 0.6) is 0 Å². The summed E-state index contributed by atoms with van der Waals surface area (Å²) in [6, 6.07) is 13.2.